The molecule has 0 saturated carbocycles. The number of amides is 2. The summed E-state index contributed by atoms with van der Waals surface area (Å²) in [5.41, 5.74) is 1.02. The smallest absolute Gasteiger partial charge is 0.268 e. The van der Waals surface area contributed by atoms with E-state index in [-0.39, 0.29) is 16.3 Å². The standard InChI is InChI=1S/C16H9ClFNO2/c17-14-13(10-4-2-1-3-5-10)15(20)19(16(14)21)12-8-6-11(18)7-9-12/h1-9H. The van der Waals surface area contributed by atoms with Gasteiger partial charge in [-0.15, -0.1) is 0 Å². The first-order valence-electron chi connectivity index (χ1n) is 6.19. The molecular formula is C16H9ClFNO2. The highest BCUT2D eigenvalue weighted by molar-refractivity contribution is 6.60. The summed E-state index contributed by atoms with van der Waals surface area (Å²) in [6, 6.07) is 13.8. The van der Waals surface area contributed by atoms with Crippen LogP contribution in [0.2, 0.25) is 0 Å². The predicted molar refractivity (Wildman–Crippen MR) is 78.1 cm³/mol. The second kappa shape index (κ2) is 5.14. The Bertz CT molecular complexity index is 754. The third kappa shape index (κ3) is 2.23. The minimum absolute atomic E-state index is 0.129. The number of hydrogen-bond acceptors (Lipinski definition) is 2. The van der Waals surface area contributed by atoms with Gasteiger partial charge in [0, 0.05) is 0 Å². The van der Waals surface area contributed by atoms with Crippen LogP contribution in [0.5, 0.6) is 0 Å². The van der Waals surface area contributed by atoms with Crippen molar-refractivity contribution in [3.63, 3.8) is 0 Å². The summed E-state index contributed by atoms with van der Waals surface area (Å²) in [7, 11) is 0. The Morgan fingerprint density at radius 3 is 2.10 bits per heavy atom. The summed E-state index contributed by atoms with van der Waals surface area (Å²) in [4.78, 5) is 25.6. The molecule has 3 nitrogen and oxygen atoms in total. The average molecular weight is 302 g/mol. The molecule has 1 aliphatic heterocycles. The van der Waals surface area contributed by atoms with Crippen molar-refractivity contribution in [1.29, 1.82) is 0 Å². The van der Waals surface area contributed by atoms with Crippen LogP contribution in [0.15, 0.2) is 59.6 Å². The maximum atomic E-state index is 13.0. The molecule has 21 heavy (non-hydrogen) atoms. The predicted octanol–water partition coefficient (Wildman–Crippen LogP) is 3.35. The van der Waals surface area contributed by atoms with Crippen LogP contribution < -0.4 is 4.90 Å². The van der Waals surface area contributed by atoms with E-state index in [1.165, 1.54) is 24.3 Å². The summed E-state index contributed by atoms with van der Waals surface area (Å²) in [5, 5.41) is -0.129. The zero-order valence-corrected chi connectivity index (χ0v) is 11.5. The summed E-state index contributed by atoms with van der Waals surface area (Å²) in [5.74, 6) is -1.56. The molecule has 2 aromatic carbocycles. The van der Waals surface area contributed by atoms with Crippen molar-refractivity contribution >= 4 is 34.7 Å². The minimum atomic E-state index is -0.605. The van der Waals surface area contributed by atoms with E-state index in [9.17, 15) is 14.0 Å². The largest absolute Gasteiger partial charge is 0.277 e. The first-order chi connectivity index (χ1) is 10.1. The Labute approximate surface area is 125 Å². The summed E-state index contributed by atoms with van der Waals surface area (Å²) < 4.78 is 13.0. The molecule has 0 radical (unpaired) electrons. The van der Waals surface area contributed by atoms with Crippen molar-refractivity contribution in [1.82, 2.24) is 0 Å². The van der Waals surface area contributed by atoms with E-state index in [0.29, 0.717) is 5.56 Å². The maximum Gasteiger partial charge on any atom is 0.277 e. The lowest BCUT2D eigenvalue weighted by molar-refractivity contribution is -0.119. The average Bonchev–Trinajstić information content (AvgIpc) is 2.72. The van der Waals surface area contributed by atoms with Gasteiger partial charge in [-0.25, -0.2) is 9.29 Å². The van der Waals surface area contributed by atoms with Crippen molar-refractivity contribution in [3.05, 3.63) is 71.0 Å². The van der Waals surface area contributed by atoms with E-state index in [1.807, 2.05) is 0 Å². The van der Waals surface area contributed by atoms with Gasteiger partial charge in [-0.05, 0) is 29.8 Å². The van der Waals surface area contributed by atoms with Crippen LogP contribution in [0, 0.1) is 5.82 Å². The van der Waals surface area contributed by atoms with Gasteiger partial charge in [-0.2, -0.15) is 0 Å². The van der Waals surface area contributed by atoms with Crippen LogP contribution in [0.4, 0.5) is 10.1 Å². The van der Waals surface area contributed by atoms with Gasteiger partial charge in [0.05, 0.1) is 11.3 Å². The van der Waals surface area contributed by atoms with Crippen molar-refractivity contribution in [2.24, 2.45) is 0 Å². The molecule has 1 heterocycles. The molecule has 104 valence electrons. The first kappa shape index (κ1) is 13.5. The number of anilines is 1. The normalized spacial score (nSPS) is 15.0. The van der Waals surface area contributed by atoms with Gasteiger partial charge in [0.2, 0.25) is 0 Å². The molecule has 5 heteroatoms. The number of carbonyl (C=O) groups is 2. The third-order valence-electron chi connectivity index (χ3n) is 3.17. The fourth-order valence-electron chi connectivity index (χ4n) is 2.18. The first-order valence-corrected chi connectivity index (χ1v) is 6.57. The number of benzene rings is 2. The Kier molecular flexibility index (Phi) is 3.31. The molecule has 0 unspecified atom stereocenters. The van der Waals surface area contributed by atoms with Gasteiger partial charge in [0.1, 0.15) is 10.8 Å². The lowest BCUT2D eigenvalue weighted by Gasteiger charge is -2.14. The molecule has 0 N–H and O–H groups in total. The van der Waals surface area contributed by atoms with E-state index in [1.54, 1.807) is 30.3 Å². The number of hydrogen-bond donors (Lipinski definition) is 0. The molecule has 0 saturated heterocycles. The Balaban J connectivity index is 2.04. The zero-order chi connectivity index (χ0) is 15.0. The van der Waals surface area contributed by atoms with Gasteiger partial charge in [-0.3, -0.25) is 9.59 Å². The van der Waals surface area contributed by atoms with Crippen molar-refractivity contribution in [3.8, 4) is 0 Å². The molecule has 2 amide bonds. The Morgan fingerprint density at radius 2 is 1.48 bits per heavy atom. The maximum absolute atomic E-state index is 13.0. The fourth-order valence-corrected chi connectivity index (χ4v) is 2.46. The number of nitrogens with zero attached hydrogens (tertiary/aromatic N) is 1. The molecule has 1 aliphatic rings. The molecule has 0 atom stereocenters. The lowest BCUT2D eigenvalue weighted by Crippen LogP contribution is -2.31. The SMILES string of the molecule is O=C1C(Cl)=C(c2ccccc2)C(=O)N1c1ccc(F)cc1. The van der Waals surface area contributed by atoms with E-state index in [2.05, 4.69) is 0 Å². The highest BCUT2D eigenvalue weighted by Gasteiger charge is 2.39. The van der Waals surface area contributed by atoms with Crippen LogP contribution in [-0.2, 0) is 9.59 Å². The van der Waals surface area contributed by atoms with E-state index in [4.69, 9.17) is 11.6 Å². The van der Waals surface area contributed by atoms with E-state index < -0.39 is 17.6 Å². The van der Waals surface area contributed by atoms with Crippen LogP contribution in [0.1, 0.15) is 5.56 Å². The second-order valence-electron chi connectivity index (χ2n) is 4.48. The molecule has 0 aromatic heterocycles. The molecule has 2 aromatic rings. The van der Waals surface area contributed by atoms with E-state index in [0.717, 1.165) is 4.90 Å². The summed E-state index contributed by atoms with van der Waals surface area (Å²) in [6.45, 7) is 0. The van der Waals surface area contributed by atoms with Crippen LogP contribution in [0.25, 0.3) is 5.57 Å². The highest BCUT2D eigenvalue weighted by atomic mass is 35.5. The lowest BCUT2D eigenvalue weighted by atomic mass is 10.1. The van der Waals surface area contributed by atoms with Gasteiger partial charge >= 0.3 is 0 Å². The highest BCUT2D eigenvalue weighted by Crippen LogP contribution is 2.34. The Morgan fingerprint density at radius 1 is 0.857 bits per heavy atom. The molecule has 0 aliphatic carbocycles. The number of carbonyl (C=O) groups excluding carboxylic acids is 2. The second-order valence-corrected chi connectivity index (χ2v) is 4.86. The van der Waals surface area contributed by atoms with Gasteiger partial charge in [0.25, 0.3) is 11.8 Å². The van der Waals surface area contributed by atoms with Crippen molar-refractivity contribution in [2.75, 3.05) is 4.90 Å². The van der Waals surface area contributed by atoms with Crippen LogP contribution in [-0.4, -0.2) is 11.8 Å². The molecule has 0 bridgehead atoms. The van der Waals surface area contributed by atoms with Gasteiger partial charge in [-0.1, -0.05) is 41.9 Å². The number of rotatable bonds is 2. The number of imide groups is 1. The monoisotopic (exact) mass is 301 g/mol. The topological polar surface area (TPSA) is 37.4 Å². The Hall–Kier alpha value is -2.46. The summed E-state index contributed by atoms with van der Waals surface area (Å²) >= 11 is 6.03. The summed E-state index contributed by atoms with van der Waals surface area (Å²) in [6.07, 6.45) is 0. The molecule has 0 fully saturated rings. The molecular weight excluding hydrogens is 293 g/mol. The zero-order valence-electron chi connectivity index (χ0n) is 10.7. The van der Waals surface area contributed by atoms with Crippen LogP contribution >= 0.6 is 11.6 Å². The number of halogens is 2. The molecule has 0 spiro atoms. The van der Waals surface area contributed by atoms with Crippen molar-refractivity contribution in [2.45, 2.75) is 0 Å². The third-order valence-corrected chi connectivity index (χ3v) is 3.53. The van der Waals surface area contributed by atoms with Gasteiger partial charge < -0.3 is 0 Å². The fraction of sp³-hybridized carbons (Fsp3) is 0. The van der Waals surface area contributed by atoms with Crippen LogP contribution in [0.3, 0.4) is 0 Å². The van der Waals surface area contributed by atoms with Gasteiger partial charge in [0.15, 0.2) is 0 Å². The van der Waals surface area contributed by atoms with Crippen molar-refractivity contribution < 1.29 is 14.0 Å². The molecule has 3 rings (SSSR count). The minimum Gasteiger partial charge on any atom is -0.268 e. The quantitative estimate of drug-likeness (QED) is 0.798. The van der Waals surface area contributed by atoms with E-state index >= 15 is 0 Å².